The SMILES string of the molecule is CC(C)C#CCO[C@@H](CCCCC(C)C)SC#N. The van der Waals surface area contributed by atoms with Crippen LogP contribution in [0, 0.1) is 34.3 Å². The van der Waals surface area contributed by atoms with Crippen LogP contribution in [-0.4, -0.2) is 12.0 Å². The van der Waals surface area contributed by atoms with Crippen LogP contribution in [0.4, 0.5) is 0 Å². The van der Waals surface area contributed by atoms with E-state index in [1.165, 1.54) is 24.6 Å². The number of thiocyanates is 1. The van der Waals surface area contributed by atoms with Gasteiger partial charge in [-0.25, -0.2) is 0 Å². The Morgan fingerprint density at radius 1 is 1.11 bits per heavy atom. The summed E-state index contributed by atoms with van der Waals surface area (Å²) in [6.07, 6.45) is 4.52. The first-order valence-corrected chi connectivity index (χ1v) is 7.59. The molecule has 0 saturated heterocycles. The number of unbranched alkanes of at least 4 members (excludes halogenated alkanes) is 1. The van der Waals surface area contributed by atoms with E-state index < -0.39 is 0 Å². The van der Waals surface area contributed by atoms with Crippen molar-refractivity contribution in [2.75, 3.05) is 6.61 Å². The minimum Gasteiger partial charge on any atom is -0.354 e. The van der Waals surface area contributed by atoms with Crippen LogP contribution in [0.2, 0.25) is 0 Å². The van der Waals surface area contributed by atoms with Crippen molar-refractivity contribution in [2.45, 2.75) is 58.8 Å². The maximum atomic E-state index is 8.72. The lowest BCUT2D eigenvalue weighted by Crippen LogP contribution is -2.08. The predicted molar refractivity (Wildman–Crippen MR) is 78.9 cm³/mol. The molecule has 102 valence electrons. The van der Waals surface area contributed by atoms with Crippen molar-refractivity contribution in [3.05, 3.63) is 0 Å². The molecule has 0 aliphatic rings. The summed E-state index contributed by atoms with van der Waals surface area (Å²) < 4.78 is 5.61. The highest BCUT2D eigenvalue weighted by atomic mass is 32.2. The molecule has 0 radical (unpaired) electrons. The largest absolute Gasteiger partial charge is 0.354 e. The summed E-state index contributed by atoms with van der Waals surface area (Å²) in [6, 6.07) is 0. The molecule has 1 atom stereocenters. The molecule has 0 N–H and O–H groups in total. The summed E-state index contributed by atoms with van der Waals surface area (Å²) >= 11 is 1.21. The monoisotopic (exact) mass is 267 g/mol. The molecule has 0 aromatic rings. The van der Waals surface area contributed by atoms with Crippen molar-refractivity contribution in [2.24, 2.45) is 11.8 Å². The number of hydrogen-bond acceptors (Lipinski definition) is 3. The Balaban J connectivity index is 3.80. The lowest BCUT2D eigenvalue weighted by Gasteiger charge is -2.12. The Labute approximate surface area is 116 Å². The fourth-order valence-corrected chi connectivity index (χ4v) is 2.02. The van der Waals surface area contributed by atoms with Crippen LogP contribution in [0.1, 0.15) is 53.4 Å². The van der Waals surface area contributed by atoms with Gasteiger partial charge in [-0.1, -0.05) is 52.4 Å². The Morgan fingerprint density at radius 3 is 2.33 bits per heavy atom. The molecule has 0 heterocycles. The standard InChI is InChI=1S/C15H25NOS/c1-13(2)8-5-6-10-15(18-12-16)17-11-7-9-14(3)4/h13-15H,5-6,8,10-11H2,1-4H3/t15-/m1/s1. The molecule has 0 saturated carbocycles. The third kappa shape index (κ3) is 11.8. The van der Waals surface area contributed by atoms with Gasteiger partial charge in [0.15, 0.2) is 0 Å². The highest BCUT2D eigenvalue weighted by Crippen LogP contribution is 2.19. The number of thioether (sulfide) groups is 1. The fourth-order valence-electron chi connectivity index (χ4n) is 1.48. The molecule has 0 aromatic heterocycles. The summed E-state index contributed by atoms with van der Waals surface area (Å²) in [5.74, 6) is 7.18. The molecule has 2 nitrogen and oxygen atoms in total. The van der Waals surface area contributed by atoms with Gasteiger partial charge in [0.05, 0.1) is 0 Å². The van der Waals surface area contributed by atoms with Crippen LogP contribution >= 0.6 is 11.8 Å². The first-order valence-electron chi connectivity index (χ1n) is 6.71. The van der Waals surface area contributed by atoms with E-state index in [-0.39, 0.29) is 5.44 Å². The van der Waals surface area contributed by atoms with Crippen molar-refractivity contribution in [3.63, 3.8) is 0 Å². The highest BCUT2D eigenvalue weighted by molar-refractivity contribution is 8.04. The summed E-state index contributed by atoms with van der Waals surface area (Å²) in [5.41, 5.74) is -0.0244. The maximum absolute atomic E-state index is 8.72. The zero-order chi connectivity index (χ0) is 13.8. The van der Waals surface area contributed by atoms with Crippen LogP contribution in [-0.2, 0) is 4.74 Å². The van der Waals surface area contributed by atoms with Gasteiger partial charge in [-0.3, -0.25) is 0 Å². The first kappa shape index (κ1) is 17.4. The third-order valence-corrected chi connectivity index (χ3v) is 3.13. The van der Waals surface area contributed by atoms with Crippen LogP contribution < -0.4 is 0 Å². The Morgan fingerprint density at radius 2 is 1.78 bits per heavy atom. The van der Waals surface area contributed by atoms with Gasteiger partial charge in [0.25, 0.3) is 0 Å². The van der Waals surface area contributed by atoms with Crippen molar-refractivity contribution in [1.82, 2.24) is 0 Å². The topological polar surface area (TPSA) is 33.0 Å². The minimum absolute atomic E-state index is 0.0244. The van der Waals surface area contributed by atoms with E-state index in [0.717, 1.165) is 18.8 Å². The quantitative estimate of drug-likeness (QED) is 0.282. The van der Waals surface area contributed by atoms with Gasteiger partial charge in [-0.2, -0.15) is 5.26 Å². The maximum Gasteiger partial charge on any atom is 0.136 e. The normalized spacial score (nSPS) is 12.1. The average Bonchev–Trinajstić information content (AvgIpc) is 2.29. The Kier molecular flexibility index (Phi) is 11.0. The summed E-state index contributed by atoms with van der Waals surface area (Å²) in [5, 5.41) is 10.8. The van der Waals surface area contributed by atoms with Crippen molar-refractivity contribution < 1.29 is 4.74 Å². The molecular formula is C15H25NOS. The molecule has 0 aromatic carbocycles. The van der Waals surface area contributed by atoms with Crippen LogP contribution in [0.5, 0.6) is 0 Å². The molecule has 0 fully saturated rings. The van der Waals surface area contributed by atoms with Crippen LogP contribution in [0.25, 0.3) is 0 Å². The highest BCUT2D eigenvalue weighted by Gasteiger charge is 2.08. The molecule has 0 rings (SSSR count). The van der Waals surface area contributed by atoms with Gasteiger partial charge in [-0.05, 0) is 30.5 Å². The molecule has 0 amide bonds. The van der Waals surface area contributed by atoms with E-state index in [1.54, 1.807) is 0 Å². The van der Waals surface area contributed by atoms with Gasteiger partial charge >= 0.3 is 0 Å². The third-order valence-electron chi connectivity index (χ3n) is 2.39. The van der Waals surface area contributed by atoms with E-state index >= 15 is 0 Å². The van der Waals surface area contributed by atoms with Crippen molar-refractivity contribution >= 4 is 11.8 Å². The predicted octanol–water partition coefficient (Wildman–Crippen LogP) is 4.42. The van der Waals surface area contributed by atoms with Gasteiger partial charge in [0, 0.05) is 5.92 Å². The van der Waals surface area contributed by atoms with Gasteiger partial charge in [-0.15, -0.1) is 0 Å². The molecule has 0 aliphatic heterocycles. The average molecular weight is 267 g/mol. The molecular weight excluding hydrogens is 242 g/mol. The van der Waals surface area contributed by atoms with Crippen molar-refractivity contribution in [1.29, 1.82) is 5.26 Å². The zero-order valence-electron chi connectivity index (χ0n) is 12.0. The van der Waals surface area contributed by atoms with Gasteiger partial charge in [0.2, 0.25) is 0 Å². The second kappa shape index (κ2) is 11.5. The Hall–Kier alpha value is -0.640. The van der Waals surface area contributed by atoms with Crippen LogP contribution in [0.3, 0.4) is 0 Å². The Bertz CT molecular complexity index is 296. The van der Waals surface area contributed by atoms with E-state index in [1.807, 2.05) is 0 Å². The summed E-state index contributed by atoms with van der Waals surface area (Å²) in [7, 11) is 0. The molecule has 0 aliphatic carbocycles. The number of rotatable bonds is 8. The second-order valence-corrected chi connectivity index (χ2v) is 6.05. The van der Waals surface area contributed by atoms with Crippen LogP contribution in [0.15, 0.2) is 0 Å². The lowest BCUT2D eigenvalue weighted by atomic mass is 10.1. The zero-order valence-corrected chi connectivity index (χ0v) is 12.8. The van der Waals surface area contributed by atoms with Gasteiger partial charge in [0.1, 0.15) is 17.4 Å². The molecule has 18 heavy (non-hydrogen) atoms. The summed E-state index contributed by atoms with van der Waals surface area (Å²) in [4.78, 5) is 0. The van der Waals surface area contributed by atoms with E-state index in [0.29, 0.717) is 12.5 Å². The van der Waals surface area contributed by atoms with E-state index in [9.17, 15) is 0 Å². The molecule has 0 bridgehead atoms. The number of ether oxygens (including phenoxy) is 1. The second-order valence-electron chi connectivity index (χ2n) is 5.10. The van der Waals surface area contributed by atoms with E-state index in [4.69, 9.17) is 10.00 Å². The first-order chi connectivity index (χ1) is 8.56. The minimum atomic E-state index is -0.0244. The number of nitrogens with zero attached hydrogens (tertiary/aromatic N) is 1. The number of nitriles is 1. The van der Waals surface area contributed by atoms with E-state index in [2.05, 4.69) is 44.9 Å². The molecule has 3 heteroatoms. The molecule has 0 spiro atoms. The smallest absolute Gasteiger partial charge is 0.136 e. The lowest BCUT2D eigenvalue weighted by molar-refractivity contribution is 0.135. The van der Waals surface area contributed by atoms with Gasteiger partial charge < -0.3 is 4.74 Å². The van der Waals surface area contributed by atoms with Crippen molar-refractivity contribution in [3.8, 4) is 17.2 Å². The number of hydrogen-bond donors (Lipinski definition) is 0. The summed E-state index contributed by atoms with van der Waals surface area (Å²) in [6.45, 7) is 9.02. The molecule has 0 unspecified atom stereocenters. The fraction of sp³-hybridized carbons (Fsp3) is 0.800.